The summed E-state index contributed by atoms with van der Waals surface area (Å²) in [5.74, 6) is 0.904. The maximum absolute atomic E-state index is 5.35. The lowest BCUT2D eigenvalue weighted by Gasteiger charge is -1.96. The van der Waals surface area contributed by atoms with E-state index in [0.29, 0.717) is 0 Å². The van der Waals surface area contributed by atoms with E-state index in [0.717, 1.165) is 23.1 Å². The van der Waals surface area contributed by atoms with Gasteiger partial charge < -0.3 is 4.52 Å². The molecule has 0 aliphatic carbocycles. The summed E-state index contributed by atoms with van der Waals surface area (Å²) in [6, 6.07) is 11.9. The van der Waals surface area contributed by atoms with Gasteiger partial charge in [-0.05, 0) is 29.8 Å². The quantitative estimate of drug-likeness (QED) is 0.652. The minimum absolute atomic E-state index is 0.753. The van der Waals surface area contributed by atoms with Crippen molar-refractivity contribution in [2.75, 3.05) is 0 Å². The number of aromatic nitrogens is 2. The second kappa shape index (κ2) is 3.77. The molecule has 0 aliphatic heterocycles. The summed E-state index contributed by atoms with van der Waals surface area (Å²) >= 11 is 0. The van der Waals surface area contributed by atoms with Gasteiger partial charge in [0.05, 0.1) is 0 Å². The molecule has 3 rings (SSSR count). The summed E-state index contributed by atoms with van der Waals surface area (Å²) in [4.78, 5) is 3.99. The molecule has 0 radical (unpaired) electrons. The Balaban J connectivity index is 2.01. The fraction of sp³-hybridized carbons (Fsp3) is 0.0769. The Kier molecular flexibility index (Phi) is 2.14. The predicted octanol–water partition coefficient (Wildman–Crippen LogP) is 2.81. The second-order valence-corrected chi connectivity index (χ2v) is 3.66. The fourth-order valence-electron chi connectivity index (χ4n) is 1.76. The molecule has 2 aromatic heterocycles. The topological polar surface area (TPSA) is 38.9 Å². The van der Waals surface area contributed by atoms with Gasteiger partial charge in [-0.2, -0.15) is 0 Å². The number of hydrogen-bond donors (Lipinski definition) is 0. The molecule has 0 N–H and O–H groups in total. The number of rotatable bonds is 2. The number of nitrogens with zero attached hydrogens (tertiary/aromatic N) is 2. The minimum atomic E-state index is 0.753. The van der Waals surface area contributed by atoms with Gasteiger partial charge in [-0.3, -0.25) is 4.98 Å². The van der Waals surface area contributed by atoms with Gasteiger partial charge in [0, 0.05) is 24.2 Å². The first-order valence-electron chi connectivity index (χ1n) is 5.16. The van der Waals surface area contributed by atoms with Gasteiger partial charge in [0.15, 0.2) is 0 Å². The van der Waals surface area contributed by atoms with Crippen LogP contribution >= 0.6 is 0 Å². The zero-order valence-corrected chi connectivity index (χ0v) is 8.63. The fourth-order valence-corrected chi connectivity index (χ4v) is 1.76. The zero-order valence-electron chi connectivity index (χ0n) is 8.63. The van der Waals surface area contributed by atoms with Crippen molar-refractivity contribution in [3.63, 3.8) is 0 Å². The van der Waals surface area contributed by atoms with Crippen LogP contribution in [0.3, 0.4) is 0 Å². The smallest absolute Gasteiger partial charge is 0.148 e. The first-order chi connectivity index (χ1) is 7.93. The Bertz CT molecular complexity index is 601. The lowest BCUT2D eigenvalue weighted by atomic mass is 10.1. The maximum atomic E-state index is 5.35. The highest BCUT2D eigenvalue weighted by atomic mass is 16.5. The summed E-state index contributed by atoms with van der Waals surface area (Å²) in [5, 5.41) is 5.11. The molecular formula is C13H10N2O. The highest BCUT2D eigenvalue weighted by molar-refractivity contribution is 5.80. The van der Waals surface area contributed by atoms with E-state index in [1.807, 2.05) is 36.4 Å². The summed E-state index contributed by atoms with van der Waals surface area (Å²) in [6.45, 7) is 0. The van der Waals surface area contributed by atoms with Gasteiger partial charge in [0.25, 0.3) is 0 Å². The molecule has 0 fully saturated rings. The second-order valence-electron chi connectivity index (χ2n) is 3.66. The van der Waals surface area contributed by atoms with E-state index in [1.165, 1.54) is 5.56 Å². The van der Waals surface area contributed by atoms with Crippen molar-refractivity contribution in [2.45, 2.75) is 6.42 Å². The third kappa shape index (κ3) is 1.56. The molecule has 0 atom stereocenters. The van der Waals surface area contributed by atoms with Crippen LogP contribution in [-0.4, -0.2) is 10.1 Å². The van der Waals surface area contributed by atoms with Gasteiger partial charge in [-0.25, -0.2) is 0 Å². The van der Waals surface area contributed by atoms with E-state index in [1.54, 1.807) is 12.4 Å². The van der Waals surface area contributed by atoms with Crippen molar-refractivity contribution in [1.82, 2.24) is 10.1 Å². The van der Waals surface area contributed by atoms with E-state index >= 15 is 0 Å². The molecule has 16 heavy (non-hydrogen) atoms. The van der Waals surface area contributed by atoms with Gasteiger partial charge in [0.2, 0.25) is 0 Å². The first kappa shape index (κ1) is 9.09. The summed E-state index contributed by atoms with van der Waals surface area (Å²) in [5.41, 5.74) is 2.09. The van der Waals surface area contributed by atoms with Gasteiger partial charge in [-0.15, -0.1) is 0 Å². The molecule has 3 nitrogen and oxygen atoms in total. The van der Waals surface area contributed by atoms with Crippen LogP contribution in [0.5, 0.6) is 0 Å². The number of hydrogen-bond acceptors (Lipinski definition) is 3. The number of pyridine rings is 1. The first-order valence-corrected chi connectivity index (χ1v) is 5.16. The predicted molar refractivity (Wildman–Crippen MR) is 61.1 cm³/mol. The van der Waals surface area contributed by atoms with Gasteiger partial charge in [-0.1, -0.05) is 17.3 Å². The van der Waals surface area contributed by atoms with Crippen molar-refractivity contribution in [3.05, 3.63) is 60.1 Å². The molecule has 0 unspecified atom stereocenters. The third-order valence-electron chi connectivity index (χ3n) is 2.57. The molecule has 3 aromatic rings. The van der Waals surface area contributed by atoms with Gasteiger partial charge >= 0.3 is 0 Å². The molecular weight excluding hydrogens is 200 g/mol. The maximum Gasteiger partial charge on any atom is 0.148 e. The van der Waals surface area contributed by atoms with Crippen molar-refractivity contribution in [2.24, 2.45) is 0 Å². The van der Waals surface area contributed by atoms with Crippen LogP contribution in [0, 0.1) is 0 Å². The summed E-state index contributed by atoms with van der Waals surface area (Å²) in [7, 11) is 0. The van der Waals surface area contributed by atoms with Crippen LogP contribution in [0.15, 0.2) is 53.3 Å². The lowest BCUT2D eigenvalue weighted by molar-refractivity contribution is 0.397. The minimum Gasteiger partial charge on any atom is -0.360 e. The van der Waals surface area contributed by atoms with Crippen LogP contribution < -0.4 is 0 Å². The van der Waals surface area contributed by atoms with Crippen LogP contribution in [0.25, 0.3) is 10.9 Å². The monoisotopic (exact) mass is 210 g/mol. The molecule has 0 amide bonds. The standard InChI is InChI=1S/C13H10N2O/c1-2-4-12-11(3-1)13(16-15-12)9-10-5-7-14-8-6-10/h1-8H,9H2. The van der Waals surface area contributed by atoms with Crippen LogP contribution in [0.1, 0.15) is 11.3 Å². The highest BCUT2D eigenvalue weighted by Gasteiger charge is 2.07. The van der Waals surface area contributed by atoms with E-state index in [-0.39, 0.29) is 0 Å². The molecule has 0 aliphatic rings. The van der Waals surface area contributed by atoms with E-state index in [2.05, 4.69) is 10.1 Å². The SMILES string of the molecule is c1ccc2c(Cc3ccncc3)onc2c1. The van der Waals surface area contributed by atoms with Crippen molar-refractivity contribution in [1.29, 1.82) is 0 Å². The number of benzene rings is 1. The highest BCUT2D eigenvalue weighted by Crippen LogP contribution is 2.20. The lowest BCUT2D eigenvalue weighted by Crippen LogP contribution is -1.86. The molecule has 1 aromatic carbocycles. The summed E-state index contributed by atoms with van der Waals surface area (Å²) in [6.07, 6.45) is 4.32. The Hall–Kier alpha value is -2.16. The Labute approximate surface area is 92.7 Å². The third-order valence-corrected chi connectivity index (χ3v) is 2.57. The average Bonchev–Trinajstić information content (AvgIpc) is 2.74. The molecule has 0 bridgehead atoms. The normalized spacial score (nSPS) is 10.8. The largest absolute Gasteiger partial charge is 0.360 e. The molecule has 0 spiro atoms. The molecule has 2 heterocycles. The van der Waals surface area contributed by atoms with Crippen molar-refractivity contribution >= 4 is 10.9 Å². The van der Waals surface area contributed by atoms with Gasteiger partial charge in [0.1, 0.15) is 11.3 Å². The zero-order chi connectivity index (χ0) is 10.8. The molecule has 0 saturated heterocycles. The molecule has 0 saturated carbocycles. The van der Waals surface area contributed by atoms with E-state index in [9.17, 15) is 0 Å². The van der Waals surface area contributed by atoms with Crippen molar-refractivity contribution in [3.8, 4) is 0 Å². The molecule has 78 valence electrons. The van der Waals surface area contributed by atoms with E-state index in [4.69, 9.17) is 4.52 Å². The van der Waals surface area contributed by atoms with Crippen LogP contribution in [0.2, 0.25) is 0 Å². The van der Waals surface area contributed by atoms with Crippen LogP contribution in [-0.2, 0) is 6.42 Å². The average molecular weight is 210 g/mol. The Morgan fingerprint density at radius 2 is 1.81 bits per heavy atom. The van der Waals surface area contributed by atoms with Crippen molar-refractivity contribution < 1.29 is 4.52 Å². The summed E-state index contributed by atoms with van der Waals surface area (Å²) < 4.78 is 5.35. The Morgan fingerprint density at radius 1 is 1.00 bits per heavy atom. The number of fused-ring (bicyclic) bond motifs is 1. The van der Waals surface area contributed by atoms with Crippen LogP contribution in [0.4, 0.5) is 0 Å². The Morgan fingerprint density at radius 3 is 2.69 bits per heavy atom. The molecule has 3 heteroatoms. The van der Waals surface area contributed by atoms with E-state index < -0.39 is 0 Å².